The largest absolute Gasteiger partial charge is 0.444 e. The number of aliphatic hydroxyl groups is 1. The Kier molecular flexibility index (Phi) is 5.58. The second kappa shape index (κ2) is 7.57. The minimum atomic E-state index is -0.487. The molecule has 0 saturated carbocycles. The molecule has 1 spiro atoms. The highest BCUT2D eigenvalue weighted by atomic mass is 16.6. The molecule has 0 bridgehead atoms. The predicted octanol–water partition coefficient (Wildman–Crippen LogP) is 3.27. The summed E-state index contributed by atoms with van der Waals surface area (Å²) in [5, 5.41) is 10.7. The minimum Gasteiger partial charge on any atom is -0.444 e. The van der Waals surface area contributed by atoms with Crippen LogP contribution in [-0.4, -0.2) is 58.9 Å². The smallest absolute Gasteiger partial charge is 0.410 e. The second-order valence-electron chi connectivity index (χ2n) is 8.83. The molecule has 26 heavy (non-hydrogen) atoms. The van der Waals surface area contributed by atoms with E-state index in [2.05, 4.69) is 29.2 Å². The Bertz CT molecular complexity index is 603. The Balaban J connectivity index is 1.59. The van der Waals surface area contributed by atoms with Crippen LogP contribution in [-0.2, 0) is 11.3 Å². The van der Waals surface area contributed by atoms with E-state index in [4.69, 9.17) is 4.74 Å². The fraction of sp³-hybridized carbons (Fsp3) is 0.667. The van der Waals surface area contributed by atoms with Crippen LogP contribution < -0.4 is 0 Å². The molecular formula is C21H32N2O3. The molecule has 0 radical (unpaired) electrons. The quantitative estimate of drug-likeness (QED) is 0.879. The van der Waals surface area contributed by atoms with Crippen molar-refractivity contribution in [2.24, 2.45) is 5.41 Å². The fourth-order valence-corrected chi connectivity index (χ4v) is 4.12. The molecule has 2 aliphatic rings. The van der Waals surface area contributed by atoms with Crippen molar-refractivity contribution in [1.29, 1.82) is 0 Å². The number of rotatable bonds is 2. The van der Waals surface area contributed by atoms with Gasteiger partial charge in [-0.25, -0.2) is 4.79 Å². The van der Waals surface area contributed by atoms with Gasteiger partial charge in [0.15, 0.2) is 0 Å². The van der Waals surface area contributed by atoms with Gasteiger partial charge in [0.2, 0.25) is 0 Å². The topological polar surface area (TPSA) is 53.0 Å². The molecule has 1 aromatic carbocycles. The van der Waals surface area contributed by atoms with Crippen LogP contribution in [0.2, 0.25) is 0 Å². The van der Waals surface area contributed by atoms with Gasteiger partial charge >= 0.3 is 6.09 Å². The van der Waals surface area contributed by atoms with Crippen molar-refractivity contribution < 1.29 is 14.6 Å². The maximum atomic E-state index is 12.5. The molecule has 1 aromatic rings. The highest BCUT2D eigenvalue weighted by Crippen LogP contribution is 2.40. The van der Waals surface area contributed by atoms with Gasteiger partial charge < -0.3 is 14.7 Å². The Morgan fingerprint density at radius 1 is 1.19 bits per heavy atom. The number of likely N-dealkylation sites (tertiary alicyclic amines) is 2. The van der Waals surface area contributed by atoms with Crippen LogP contribution in [0.3, 0.4) is 0 Å². The van der Waals surface area contributed by atoms with Crippen LogP contribution in [0.15, 0.2) is 30.3 Å². The van der Waals surface area contributed by atoms with E-state index in [0.29, 0.717) is 19.5 Å². The third-order valence-corrected chi connectivity index (χ3v) is 5.64. The number of nitrogens with zero attached hydrogens (tertiary/aromatic N) is 2. The average Bonchev–Trinajstić information content (AvgIpc) is 2.59. The van der Waals surface area contributed by atoms with Crippen molar-refractivity contribution in [3.05, 3.63) is 35.9 Å². The molecule has 0 aliphatic carbocycles. The molecule has 3 rings (SSSR count). The van der Waals surface area contributed by atoms with Gasteiger partial charge in [0, 0.05) is 25.0 Å². The molecule has 2 aliphatic heterocycles. The zero-order chi connectivity index (χ0) is 18.8. The number of aliphatic hydroxyl groups excluding tert-OH is 1. The number of benzene rings is 1. The summed E-state index contributed by atoms with van der Waals surface area (Å²) in [6.07, 6.45) is 1.88. The lowest BCUT2D eigenvalue weighted by Crippen LogP contribution is -2.57. The maximum absolute atomic E-state index is 12.5. The summed E-state index contributed by atoms with van der Waals surface area (Å²) >= 11 is 0. The molecule has 1 N–H and O–H groups in total. The Labute approximate surface area is 156 Å². The zero-order valence-electron chi connectivity index (χ0n) is 16.3. The molecule has 1 amide bonds. The normalized spacial score (nSPS) is 23.8. The predicted molar refractivity (Wildman–Crippen MR) is 102 cm³/mol. The Morgan fingerprint density at radius 2 is 1.85 bits per heavy atom. The van der Waals surface area contributed by atoms with Crippen molar-refractivity contribution in [1.82, 2.24) is 9.80 Å². The van der Waals surface area contributed by atoms with E-state index in [0.717, 1.165) is 32.5 Å². The number of carbonyl (C=O) groups excluding carboxylic acids is 1. The van der Waals surface area contributed by atoms with E-state index < -0.39 is 5.60 Å². The van der Waals surface area contributed by atoms with Gasteiger partial charge in [-0.3, -0.25) is 4.90 Å². The van der Waals surface area contributed by atoms with Gasteiger partial charge in [0.1, 0.15) is 5.60 Å². The maximum Gasteiger partial charge on any atom is 0.410 e. The van der Waals surface area contributed by atoms with Gasteiger partial charge in [0.25, 0.3) is 0 Å². The van der Waals surface area contributed by atoms with Gasteiger partial charge in [0.05, 0.1) is 6.10 Å². The van der Waals surface area contributed by atoms with Gasteiger partial charge in [-0.05, 0) is 58.7 Å². The third kappa shape index (κ3) is 4.57. The molecule has 2 saturated heterocycles. The van der Waals surface area contributed by atoms with Crippen molar-refractivity contribution in [2.75, 3.05) is 26.2 Å². The molecule has 1 unspecified atom stereocenters. The van der Waals surface area contributed by atoms with E-state index in [-0.39, 0.29) is 17.6 Å². The summed E-state index contributed by atoms with van der Waals surface area (Å²) in [6, 6.07) is 10.5. The standard InChI is InChI=1S/C21H32N2O3/c1-20(2,3)26-19(25)23-12-9-18(24)21(16-23)10-13-22(14-11-21)15-17-7-5-4-6-8-17/h4-8,18,24H,9-16H2,1-3H3. The summed E-state index contributed by atoms with van der Waals surface area (Å²) in [5.41, 5.74) is 0.643. The van der Waals surface area contributed by atoms with E-state index >= 15 is 0 Å². The number of piperidine rings is 2. The van der Waals surface area contributed by atoms with Crippen LogP contribution in [0.25, 0.3) is 0 Å². The van der Waals surface area contributed by atoms with Crippen LogP contribution in [0, 0.1) is 5.41 Å². The van der Waals surface area contributed by atoms with E-state index in [1.165, 1.54) is 5.56 Å². The first-order chi connectivity index (χ1) is 12.3. The lowest BCUT2D eigenvalue weighted by Gasteiger charge is -2.50. The summed E-state index contributed by atoms with van der Waals surface area (Å²) < 4.78 is 5.54. The zero-order valence-corrected chi connectivity index (χ0v) is 16.3. The number of ether oxygens (including phenoxy) is 1. The van der Waals surface area contributed by atoms with Crippen LogP contribution in [0.1, 0.15) is 45.6 Å². The summed E-state index contributed by atoms with van der Waals surface area (Å²) in [7, 11) is 0. The number of hydrogen-bond donors (Lipinski definition) is 1. The van der Waals surface area contributed by atoms with Gasteiger partial charge in [-0.2, -0.15) is 0 Å². The van der Waals surface area contributed by atoms with Gasteiger partial charge in [-0.1, -0.05) is 30.3 Å². The summed E-state index contributed by atoms with van der Waals surface area (Å²) in [4.78, 5) is 16.7. The van der Waals surface area contributed by atoms with Crippen molar-refractivity contribution in [2.45, 2.75) is 58.3 Å². The molecular weight excluding hydrogens is 328 g/mol. The number of carbonyl (C=O) groups is 1. The van der Waals surface area contributed by atoms with Crippen molar-refractivity contribution in [3.63, 3.8) is 0 Å². The molecule has 2 fully saturated rings. The van der Waals surface area contributed by atoms with E-state index in [9.17, 15) is 9.90 Å². The molecule has 1 atom stereocenters. The first-order valence-electron chi connectivity index (χ1n) is 9.70. The molecule has 5 heteroatoms. The average molecular weight is 360 g/mol. The van der Waals surface area contributed by atoms with Crippen molar-refractivity contribution in [3.8, 4) is 0 Å². The van der Waals surface area contributed by atoms with Crippen LogP contribution in [0.5, 0.6) is 0 Å². The SMILES string of the molecule is CC(C)(C)OC(=O)N1CCC(O)C2(CCN(Cc3ccccc3)CC2)C1. The van der Waals surface area contributed by atoms with E-state index in [1.54, 1.807) is 4.90 Å². The summed E-state index contributed by atoms with van der Waals surface area (Å²) in [6.45, 7) is 9.70. The first kappa shape index (κ1) is 19.2. The fourth-order valence-electron chi connectivity index (χ4n) is 4.12. The second-order valence-corrected chi connectivity index (χ2v) is 8.83. The summed E-state index contributed by atoms with van der Waals surface area (Å²) in [5.74, 6) is 0. The Hall–Kier alpha value is -1.59. The monoisotopic (exact) mass is 360 g/mol. The molecule has 2 heterocycles. The first-order valence-corrected chi connectivity index (χ1v) is 9.70. The highest BCUT2D eigenvalue weighted by molar-refractivity contribution is 5.68. The molecule has 0 aromatic heterocycles. The lowest BCUT2D eigenvalue weighted by atomic mass is 9.70. The third-order valence-electron chi connectivity index (χ3n) is 5.64. The number of hydrogen-bond acceptors (Lipinski definition) is 4. The minimum absolute atomic E-state index is 0.192. The lowest BCUT2D eigenvalue weighted by molar-refractivity contribution is -0.0816. The number of amides is 1. The highest BCUT2D eigenvalue weighted by Gasteiger charge is 2.46. The molecule has 5 nitrogen and oxygen atoms in total. The Morgan fingerprint density at radius 3 is 2.46 bits per heavy atom. The van der Waals surface area contributed by atoms with Crippen molar-refractivity contribution >= 4 is 6.09 Å². The van der Waals surface area contributed by atoms with E-state index in [1.807, 2.05) is 26.8 Å². The van der Waals surface area contributed by atoms with Gasteiger partial charge in [-0.15, -0.1) is 0 Å². The van der Waals surface area contributed by atoms with Crippen LogP contribution >= 0.6 is 0 Å². The van der Waals surface area contributed by atoms with Crippen LogP contribution in [0.4, 0.5) is 4.79 Å². The molecule has 144 valence electrons.